The molecule has 1 aliphatic rings. The standard InChI is InChI=1S/C7H14O2/c1-6-4-7(2,8-3)9-5-6/h6H,4-5H2,1-3H3/t6?,7-/m1/s1. The molecule has 1 aliphatic heterocycles. The van der Waals surface area contributed by atoms with E-state index in [0.29, 0.717) is 5.92 Å². The van der Waals surface area contributed by atoms with E-state index in [4.69, 9.17) is 9.47 Å². The Morgan fingerprint density at radius 1 is 1.67 bits per heavy atom. The zero-order chi connectivity index (χ0) is 6.91. The average molecular weight is 130 g/mol. The Morgan fingerprint density at radius 2 is 2.33 bits per heavy atom. The molecule has 0 radical (unpaired) electrons. The summed E-state index contributed by atoms with van der Waals surface area (Å²) in [5.74, 6) is 0.356. The van der Waals surface area contributed by atoms with Crippen LogP contribution in [-0.4, -0.2) is 19.5 Å². The highest BCUT2D eigenvalue weighted by atomic mass is 16.7. The van der Waals surface area contributed by atoms with Crippen LogP contribution in [-0.2, 0) is 9.47 Å². The first kappa shape index (κ1) is 7.03. The minimum atomic E-state index is -0.292. The van der Waals surface area contributed by atoms with Gasteiger partial charge >= 0.3 is 0 Å². The molecule has 0 aromatic heterocycles. The largest absolute Gasteiger partial charge is 0.353 e. The van der Waals surface area contributed by atoms with E-state index in [1.54, 1.807) is 7.11 Å². The molecule has 2 nitrogen and oxygen atoms in total. The molecule has 1 fully saturated rings. The molecule has 0 spiro atoms. The van der Waals surface area contributed by atoms with Crippen LogP contribution < -0.4 is 0 Å². The van der Waals surface area contributed by atoms with Gasteiger partial charge in [0.1, 0.15) is 0 Å². The van der Waals surface area contributed by atoms with Crippen molar-refractivity contribution in [2.24, 2.45) is 5.92 Å². The Bertz CT molecular complexity index is 103. The first-order chi connectivity index (χ1) is 4.16. The molecule has 2 heteroatoms. The van der Waals surface area contributed by atoms with E-state index in [-0.39, 0.29) is 5.79 Å². The fourth-order valence-electron chi connectivity index (χ4n) is 1.21. The molecule has 0 saturated carbocycles. The SMILES string of the molecule is CO[C@@]1(C)CC(C)CO1. The maximum Gasteiger partial charge on any atom is 0.165 e. The van der Waals surface area contributed by atoms with Crippen molar-refractivity contribution in [3.05, 3.63) is 0 Å². The Hall–Kier alpha value is -0.0800. The maximum atomic E-state index is 5.38. The summed E-state index contributed by atoms with van der Waals surface area (Å²) in [4.78, 5) is 0. The van der Waals surface area contributed by atoms with Crippen LogP contribution >= 0.6 is 0 Å². The molecule has 0 aromatic rings. The van der Waals surface area contributed by atoms with Crippen LogP contribution in [0.15, 0.2) is 0 Å². The smallest absolute Gasteiger partial charge is 0.165 e. The number of hydrogen-bond donors (Lipinski definition) is 0. The molecule has 1 unspecified atom stereocenters. The monoisotopic (exact) mass is 130 g/mol. The maximum absolute atomic E-state index is 5.38. The topological polar surface area (TPSA) is 18.5 Å². The van der Waals surface area contributed by atoms with Crippen LogP contribution in [0.1, 0.15) is 20.3 Å². The molecule has 0 bridgehead atoms. The Labute approximate surface area is 56.2 Å². The van der Waals surface area contributed by atoms with Crippen LogP contribution in [0.4, 0.5) is 0 Å². The molecule has 1 rings (SSSR count). The Balaban J connectivity index is 2.45. The van der Waals surface area contributed by atoms with Crippen molar-refractivity contribution in [1.82, 2.24) is 0 Å². The van der Waals surface area contributed by atoms with E-state index in [0.717, 1.165) is 13.0 Å². The number of ether oxygens (including phenoxy) is 2. The third-order valence-electron chi connectivity index (χ3n) is 1.82. The highest BCUT2D eigenvalue weighted by Crippen LogP contribution is 2.29. The zero-order valence-electron chi connectivity index (χ0n) is 6.31. The van der Waals surface area contributed by atoms with Gasteiger partial charge in [0.25, 0.3) is 0 Å². The van der Waals surface area contributed by atoms with E-state index < -0.39 is 0 Å². The molecule has 1 saturated heterocycles. The van der Waals surface area contributed by atoms with E-state index in [1.165, 1.54) is 0 Å². The lowest BCUT2D eigenvalue weighted by molar-refractivity contribution is -0.178. The van der Waals surface area contributed by atoms with Gasteiger partial charge in [-0.25, -0.2) is 0 Å². The van der Waals surface area contributed by atoms with Gasteiger partial charge in [0.15, 0.2) is 5.79 Å². The van der Waals surface area contributed by atoms with Crippen molar-refractivity contribution in [2.45, 2.75) is 26.1 Å². The zero-order valence-corrected chi connectivity index (χ0v) is 6.31. The van der Waals surface area contributed by atoms with Gasteiger partial charge in [-0.15, -0.1) is 0 Å². The second kappa shape index (κ2) is 2.27. The molecule has 1 heterocycles. The molecular formula is C7H14O2. The van der Waals surface area contributed by atoms with Crippen molar-refractivity contribution in [2.75, 3.05) is 13.7 Å². The average Bonchev–Trinajstić information content (AvgIpc) is 2.13. The summed E-state index contributed by atoms with van der Waals surface area (Å²) in [6, 6.07) is 0. The van der Waals surface area contributed by atoms with E-state index in [2.05, 4.69) is 6.92 Å². The van der Waals surface area contributed by atoms with Gasteiger partial charge < -0.3 is 9.47 Å². The molecular weight excluding hydrogens is 116 g/mol. The minimum absolute atomic E-state index is 0.292. The second-order valence-electron chi connectivity index (χ2n) is 2.96. The van der Waals surface area contributed by atoms with Crippen molar-refractivity contribution in [3.8, 4) is 0 Å². The van der Waals surface area contributed by atoms with Gasteiger partial charge in [0, 0.05) is 13.5 Å². The summed E-state index contributed by atoms with van der Waals surface area (Å²) in [6.45, 7) is 4.99. The third-order valence-corrected chi connectivity index (χ3v) is 1.82. The quantitative estimate of drug-likeness (QED) is 0.534. The molecule has 0 aromatic carbocycles. The summed E-state index contributed by atoms with van der Waals surface area (Å²) in [7, 11) is 1.69. The van der Waals surface area contributed by atoms with Crippen molar-refractivity contribution < 1.29 is 9.47 Å². The van der Waals surface area contributed by atoms with Crippen LogP contribution in [0.2, 0.25) is 0 Å². The van der Waals surface area contributed by atoms with Crippen LogP contribution in [0, 0.1) is 5.92 Å². The Kier molecular flexibility index (Phi) is 1.78. The van der Waals surface area contributed by atoms with E-state index in [9.17, 15) is 0 Å². The van der Waals surface area contributed by atoms with E-state index in [1.807, 2.05) is 6.92 Å². The highest BCUT2D eigenvalue weighted by Gasteiger charge is 2.33. The number of rotatable bonds is 1. The summed E-state index contributed by atoms with van der Waals surface area (Å²) < 4.78 is 10.5. The predicted octanol–water partition coefficient (Wildman–Crippen LogP) is 1.41. The minimum Gasteiger partial charge on any atom is -0.353 e. The van der Waals surface area contributed by atoms with E-state index >= 15 is 0 Å². The third kappa shape index (κ3) is 1.43. The molecule has 2 atom stereocenters. The highest BCUT2D eigenvalue weighted by molar-refractivity contribution is 4.73. The number of hydrogen-bond acceptors (Lipinski definition) is 2. The molecule has 54 valence electrons. The Morgan fingerprint density at radius 3 is 2.56 bits per heavy atom. The second-order valence-corrected chi connectivity index (χ2v) is 2.96. The molecule has 9 heavy (non-hydrogen) atoms. The van der Waals surface area contributed by atoms with Crippen LogP contribution in [0.25, 0.3) is 0 Å². The van der Waals surface area contributed by atoms with Gasteiger partial charge in [-0.1, -0.05) is 6.92 Å². The lowest BCUT2D eigenvalue weighted by Crippen LogP contribution is -2.25. The van der Waals surface area contributed by atoms with Crippen LogP contribution in [0.3, 0.4) is 0 Å². The van der Waals surface area contributed by atoms with Gasteiger partial charge in [0.05, 0.1) is 6.61 Å². The fraction of sp³-hybridized carbons (Fsp3) is 1.00. The first-order valence-corrected chi connectivity index (χ1v) is 3.35. The fourth-order valence-corrected chi connectivity index (χ4v) is 1.21. The summed E-state index contributed by atoms with van der Waals surface area (Å²) in [6.07, 6.45) is 1.02. The molecule has 0 amide bonds. The first-order valence-electron chi connectivity index (χ1n) is 3.35. The van der Waals surface area contributed by atoms with Gasteiger partial charge in [-0.2, -0.15) is 0 Å². The van der Waals surface area contributed by atoms with Gasteiger partial charge in [-0.05, 0) is 12.8 Å². The summed E-state index contributed by atoms with van der Waals surface area (Å²) in [5.41, 5.74) is 0. The normalized spacial score (nSPS) is 43.7. The van der Waals surface area contributed by atoms with Gasteiger partial charge in [-0.3, -0.25) is 0 Å². The van der Waals surface area contributed by atoms with Crippen LogP contribution in [0.5, 0.6) is 0 Å². The lowest BCUT2D eigenvalue weighted by atomic mass is 10.1. The molecule has 0 aliphatic carbocycles. The van der Waals surface area contributed by atoms with Crippen molar-refractivity contribution >= 4 is 0 Å². The number of methoxy groups -OCH3 is 1. The summed E-state index contributed by atoms with van der Waals surface area (Å²) in [5, 5.41) is 0. The van der Waals surface area contributed by atoms with Crippen molar-refractivity contribution in [1.29, 1.82) is 0 Å². The molecule has 0 N–H and O–H groups in total. The summed E-state index contributed by atoms with van der Waals surface area (Å²) >= 11 is 0. The lowest BCUT2D eigenvalue weighted by Gasteiger charge is -2.20. The van der Waals surface area contributed by atoms with Crippen molar-refractivity contribution in [3.63, 3.8) is 0 Å². The predicted molar refractivity (Wildman–Crippen MR) is 35.1 cm³/mol. The van der Waals surface area contributed by atoms with Gasteiger partial charge in [0.2, 0.25) is 0 Å².